The number of nitrogens with one attached hydrogen (secondary N) is 1. The molecule has 0 aliphatic heterocycles. The quantitative estimate of drug-likeness (QED) is 0.510. The first-order valence-electron chi connectivity index (χ1n) is 9.49. The molecule has 0 saturated carbocycles. The number of para-hydroxylation sites is 1. The lowest BCUT2D eigenvalue weighted by atomic mass is 10.0. The Morgan fingerprint density at radius 2 is 1.48 bits per heavy atom. The summed E-state index contributed by atoms with van der Waals surface area (Å²) in [6.45, 7) is 0.458. The maximum Gasteiger partial charge on any atom is 0.239 e. The van der Waals surface area contributed by atoms with E-state index in [-0.39, 0.29) is 0 Å². The van der Waals surface area contributed by atoms with Crippen molar-refractivity contribution < 1.29 is 4.79 Å². The van der Waals surface area contributed by atoms with Crippen LogP contribution < -0.4 is 11.1 Å². The van der Waals surface area contributed by atoms with E-state index in [1.54, 1.807) is 0 Å². The highest BCUT2D eigenvalue weighted by Gasteiger charge is 2.19. The largest absolute Gasteiger partial charge is 0.368 e. The second kappa shape index (κ2) is 8.54. The SMILES string of the molecule is NC(=O)C(NCc1cn(-c2ccccc2)nc1-c1ccccc1)c1ccccc1. The molecule has 1 amide bonds. The van der Waals surface area contributed by atoms with Crippen LogP contribution in [0.25, 0.3) is 16.9 Å². The molecule has 0 saturated heterocycles. The number of benzene rings is 3. The molecule has 1 heterocycles. The van der Waals surface area contributed by atoms with Gasteiger partial charge >= 0.3 is 0 Å². The minimum absolute atomic E-state index is 0.409. The van der Waals surface area contributed by atoms with Crippen molar-refractivity contribution in [3.8, 4) is 16.9 Å². The Morgan fingerprint density at radius 1 is 0.897 bits per heavy atom. The lowest BCUT2D eigenvalue weighted by Crippen LogP contribution is -2.33. The van der Waals surface area contributed by atoms with Crippen LogP contribution in [0, 0.1) is 0 Å². The van der Waals surface area contributed by atoms with Gasteiger partial charge in [-0.1, -0.05) is 78.9 Å². The number of nitrogens with zero attached hydrogens (tertiary/aromatic N) is 2. The van der Waals surface area contributed by atoms with Gasteiger partial charge in [0, 0.05) is 23.9 Å². The Hall–Kier alpha value is -3.70. The van der Waals surface area contributed by atoms with Crippen LogP contribution in [-0.2, 0) is 11.3 Å². The fraction of sp³-hybridized carbons (Fsp3) is 0.0833. The third kappa shape index (κ3) is 4.25. The van der Waals surface area contributed by atoms with Gasteiger partial charge in [0.05, 0.1) is 11.4 Å². The molecule has 5 heteroatoms. The lowest BCUT2D eigenvalue weighted by Gasteiger charge is -2.15. The number of carbonyl (C=O) groups excluding carboxylic acids is 1. The smallest absolute Gasteiger partial charge is 0.239 e. The van der Waals surface area contributed by atoms with Crippen molar-refractivity contribution in [3.63, 3.8) is 0 Å². The van der Waals surface area contributed by atoms with Crippen LogP contribution in [0.15, 0.2) is 97.2 Å². The molecule has 1 aromatic heterocycles. The Kier molecular flexibility index (Phi) is 5.49. The maximum atomic E-state index is 12.0. The zero-order chi connectivity index (χ0) is 20.1. The van der Waals surface area contributed by atoms with E-state index >= 15 is 0 Å². The first kappa shape index (κ1) is 18.7. The van der Waals surface area contributed by atoms with E-state index in [1.807, 2.05) is 102 Å². The molecule has 1 atom stereocenters. The Morgan fingerprint density at radius 3 is 2.10 bits per heavy atom. The molecule has 29 heavy (non-hydrogen) atoms. The van der Waals surface area contributed by atoms with Crippen LogP contribution in [-0.4, -0.2) is 15.7 Å². The van der Waals surface area contributed by atoms with Gasteiger partial charge in [-0.15, -0.1) is 0 Å². The van der Waals surface area contributed by atoms with Crippen molar-refractivity contribution in [1.29, 1.82) is 0 Å². The van der Waals surface area contributed by atoms with Crippen LogP contribution in [0.2, 0.25) is 0 Å². The van der Waals surface area contributed by atoms with Crippen LogP contribution >= 0.6 is 0 Å². The molecular weight excluding hydrogens is 360 g/mol. The minimum Gasteiger partial charge on any atom is -0.368 e. The van der Waals surface area contributed by atoms with Crippen molar-refractivity contribution in [2.24, 2.45) is 5.73 Å². The summed E-state index contributed by atoms with van der Waals surface area (Å²) in [7, 11) is 0. The predicted octanol–water partition coefficient (Wildman–Crippen LogP) is 3.86. The zero-order valence-corrected chi connectivity index (χ0v) is 15.9. The first-order chi connectivity index (χ1) is 14.2. The summed E-state index contributed by atoms with van der Waals surface area (Å²) in [6.07, 6.45) is 1.99. The predicted molar refractivity (Wildman–Crippen MR) is 114 cm³/mol. The Labute approximate surface area is 169 Å². The van der Waals surface area contributed by atoms with E-state index in [2.05, 4.69) is 5.32 Å². The molecule has 4 aromatic rings. The molecule has 0 fully saturated rings. The normalized spacial score (nSPS) is 11.9. The van der Waals surface area contributed by atoms with Gasteiger partial charge in [-0.2, -0.15) is 5.10 Å². The van der Waals surface area contributed by atoms with Crippen LogP contribution in [0.4, 0.5) is 0 Å². The van der Waals surface area contributed by atoms with E-state index in [9.17, 15) is 4.79 Å². The summed E-state index contributed by atoms with van der Waals surface area (Å²) in [5, 5.41) is 8.11. The van der Waals surface area contributed by atoms with E-state index in [1.165, 1.54) is 0 Å². The van der Waals surface area contributed by atoms with Gasteiger partial charge in [0.25, 0.3) is 0 Å². The average Bonchev–Trinajstić information content (AvgIpc) is 3.20. The monoisotopic (exact) mass is 382 g/mol. The highest BCUT2D eigenvalue weighted by Crippen LogP contribution is 2.24. The summed E-state index contributed by atoms with van der Waals surface area (Å²) in [6, 6.07) is 28.9. The van der Waals surface area contributed by atoms with Gasteiger partial charge in [-0.05, 0) is 17.7 Å². The van der Waals surface area contributed by atoms with Crippen molar-refractivity contribution in [2.45, 2.75) is 12.6 Å². The van der Waals surface area contributed by atoms with Crippen LogP contribution in [0.1, 0.15) is 17.2 Å². The molecule has 1 unspecified atom stereocenters. The lowest BCUT2D eigenvalue weighted by molar-refractivity contribution is -0.120. The van der Waals surface area contributed by atoms with E-state index in [0.717, 1.165) is 28.1 Å². The number of primary amides is 1. The summed E-state index contributed by atoms with van der Waals surface area (Å²) >= 11 is 0. The number of carbonyl (C=O) groups is 1. The molecule has 144 valence electrons. The molecule has 0 bridgehead atoms. The van der Waals surface area contributed by atoms with E-state index < -0.39 is 11.9 Å². The summed E-state index contributed by atoms with van der Waals surface area (Å²) in [5.74, 6) is -0.409. The minimum atomic E-state index is -0.570. The fourth-order valence-electron chi connectivity index (χ4n) is 3.33. The maximum absolute atomic E-state index is 12.0. The molecule has 0 radical (unpaired) electrons. The van der Waals surface area contributed by atoms with Gasteiger partial charge in [0.1, 0.15) is 6.04 Å². The van der Waals surface area contributed by atoms with Gasteiger partial charge < -0.3 is 5.73 Å². The number of hydrogen-bond donors (Lipinski definition) is 2. The summed E-state index contributed by atoms with van der Waals surface area (Å²) < 4.78 is 1.86. The highest BCUT2D eigenvalue weighted by molar-refractivity contribution is 5.81. The number of rotatable bonds is 7. The summed E-state index contributed by atoms with van der Waals surface area (Å²) in [4.78, 5) is 12.0. The second-order valence-electron chi connectivity index (χ2n) is 6.78. The van der Waals surface area contributed by atoms with Crippen LogP contribution in [0.3, 0.4) is 0 Å². The highest BCUT2D eigenvalue weighted by atomic mass is 16.1. The van der Waals surface area contributed by atoms with Crippen molar-refractivity contribution in [2.75, 3.05) is 0 Å². The standard InChI is InChI=1S/C24H22N4O/c25-24(29)23(19-12-6-2-7-13-19)26-16-20-17-28(21-14-8-3-9-15-21)27-22(20)18-10-4-1-5-11-18/h1-15,17,23,26H,16H2,(H2,25,29). The van der Waals surface area contributed by atoms with Gasteiger partial charge in [0.15, 0.2) is 0 Å². The molecule has 0 spiro atoms. The number of aromatic nitrogens is 2. The average molecular weight is 382 g/mol. The van der Waals surface area contributed by atoms with Crippen molar-refractivity contribution in [1.82, 2.24) is 15.1 Å². The number of nitrogens with two attached hydrogens (primary N) is 1. The molecule has 3 aromatic carbocycles. The number of amides is 1. The molecule has 4 rings (SSSR count). The zero-order valence-electron chi connectivity index (χ0n) is 15.9. The van der Waals surface area contributed by atoms with Crippen molar-refractivity contribution >= 4 is 5.91 Å². The van der Waals surface area contributed by atoms with E-state index in [4.69, 9.17) is 10.8 Å². The van der Waals surface area contributed by atoms with E-state index in [0.29, 0.717) is 6.54 Å². The molecule has 3 N–H and O–H groups in total. The molecule has 0 aliphatic rings. The second-order valence-corrected chi connectivity index (χ2v) is 6.78. The van der Waals surface area contributed by atoms with Crippen LogP contribution in [0.5, 0.6) is 0 Å². The van der Waals surface area contributed by atoms with Gasteiger partial charge in [0.2, 0.25) is 5.91 Å². The van der Waals surface area contributed by atoms with Gasteiger partial charge in [-0.3, -0.25) is 10.1 Å². The number of hydrogen-bond acceptors (Lipinski definition) is 3. The fourth-order valence-corrected chi connectivity index (χ4v) is 3.33. The third-order valence-electron chi connectivity index (χ3n) is 4.77. The molecular formula is C24H22N4O. The summed E-state index contributed by atoms with van der Waals surface area (Å²) in [5.41, 5.74) is 10.4. The molecule has 5 nitrogen and oxygen atoms in total. The van der Waals surface area contributed by atoms with Crippen molar-refractivity contribution in [3.05, 3.63) is 108 Å². The molecule has 0 aliphatic carbocycles. The third-order valence-corrected chi connectivity index (χ3v) is 4.77. The topological polar surface area (TPSA) is 72.9 Å². The Bertz CT molecular complexity index is 1080. The first-order valence-corrected chi connectivity index (χ1v) is 9.49. The van der Waals surface area contributed by atoms with Gasteiger partial charge in [-0.25, -0.2) is 4.68 Å². The Balaban J connectivity index is 1.67.